The number of hydrogen-bond acceptors (Lipinski definition) is 2. The van der Waals surface area contributed by atoms with Crippen molar-refractivity contribution in [2.24, 2.45) is 4.99 Å². The van der Waals surface area contributed by atoms with Gasteiger partial charge in [-0.2, -0.15) is 0 Å². The largest absolute Gasteiger partial charge is 0.380 e. The van der Waals surface area contributed by atoms with Gasteiger partial charge in [0.1, 0.15) is 5.82 Å². The zero-order valence-corrected chi connectivity index (χ0v) is 12.5. The van der Waals surface area contributed by atoms with Gasteiger partial charge in [-0.15, -0.1) is 0 Å². The number of benzene rings is 1. The van der Waals surface area contributed by atoms with E-state index in [1.165, 1.54) is 6.07 Å². The molecule has 0 aliphatic carbocycles. The number of methoxy groups -OCH3 is 1. The summed E-state index contributed by atoms with van der Waals surface area (Å²) in [5.74, 6) is 0.525. The average molecular weight is 281 g/mol. The number of ether oxygens (including phenoxy) is 1. The third kappa shape index (κ3) is 5.57. The molecule has 5 heteroatoms. The van der Waals surface area contributed by atoms with E-state index < -0.39 is 0 Å². The molecule has 0 spiro atoms. The lowest BCUT2D eigenvalue weighted by molar-refractivity contribution is 0.181. The molecule has 0 amide bonds. The Labute approximate surface area is 120 Å². The molecule has 1 rings (SSSR count). The van der Waals surface area contributed by atoms with Crippen LogP contribution in [0.3, 0.4) is 0 Å². The zero-order chi connectivity index (χ0) is 14.8. The van der Waals surface area contributed by atoms with Gasteiger partial charge in [0.15, 0.2) is 5.96 Å². The van der Waals surface area contributed by atoms with Crippen LogP contribution in [0.4, 0.5) is 4.39 Å². The number of guanidine groups is 1. The van der Waals surface area contributed by atoms with Crippen molar-refractivity contribution in [2.75, 3.05) is 20.7 Å². The van der Waals surface area contributed by atoms with Crippen LogP contribution in [-0.2, 0) is 17.9 Å². The van der Waals surface area contributed by atoms with Crippen LogP contribution in [0.25, 0.3) is 0 Å². The molecule has 112 valence electrons. The van der Waals surface area contributed by atoms with Crippen LogP contribution in [0.1, 0.15) is 30.9 Å². The SMILES string of the molecule is CCCCNC(=NC)NCc1ccc(F)c(COC)c1. The van der Waals surface area contributed by atoms with Gasteiger partial charge in [0.2, 0.25) is 0 Å². The molecule has 0 saturated heterocycles. The second-order valence-corrected chi connectivity index (χ2v) is 4.56. The second-order valence-electron chi connectivity index (χ2n) is 4.56. The lowest BCUT2D eigenvalue weighted by Crippen LogP contribution is -2.37. The lowest BCUT2D eigenvalue weighted by Gasteiger charge is -2.12. The molecule has 1 aromatic carbocycles. The van der Waals surface area contributed by atoms with Crippen molar-refractivity contribution < 1.29 is 9.13 Å². The summed E-state index contributed by atoms with van der Waals surface area (Å²) >= 11 is 0. The molecule has 0 aliphatic heterocycles. The van der Waals surface area contributed by atoms with E-state index in [4.69, 9.17) is 4.74 Å². The Balaban J connectivity index is 2.53. The molecule has 0 unspecified atom stereocenters. The third-order valence-corrected chi connectivity index (χ3v) is 2.92. The summed E-state index contributed by atoms with van der Waals surface area (Å²) in [6.07, 6.45) is 2.25. The van der Waals surface area contributed by atoms with Gasteiger partial charge in [-0.25, -0.2) is 4.39 Å². The van der Waals surface area contributed by atoms with Crippen molar-refractivity contribution in [1.82, 2.24) is 10.6 Å². The number of aliphatic imine (C=N–C) groups is 1. The summed E-state index contributed by atoms with van der Waals surface area (Å²) < 4.78 is 18.5. The highest BCUT2D eigenvalue weighted by molar-refractivity contribution is 5.79. The van der Waals surface area contributed by atoms with E-state index in [9.17, 15) is 4.39 Å². The van der Waals surface area contributed by atoms with Gasteiger partial charge in [0.05, 0.1) is 6.61 Å². The Bertz CT molecular complexity index is 435. The number of nitrogens with one attached hydrogen (secondary N) is 2. The minimum Gasteiger partial charge on any atom is -0.380 e. The highest BCUT2D eigenvalue weighted by Crippen LogP contribution is 2.11. The minimum atomic E-state index is -0.235. The predicted molar refractivity (Wildman–Crippen MR) is 80.2 cm³/mol. The maximum absolute atomic E-state index is 13.5. The minimum absolute atomic E-state index is 0.235. The smallest absolute Gasteiger partial charge is 0.191 e. The fourth-order valence-electron chi connectivity index (χ4n) is 1.79. The molecule has 0 radical (unpaired) electrons. The van der Waals surface area contributed by atoms with Gasteiger partial charge in [0.25, 0.3) is 0 Å². The summed E-state index contributed by atoms with van der Waals surface area (Å²) in [6.45, 7) is 3.92. The molecule has 1 aromatic rings. The number of rotatable bonds is 7. The quantitative estimate of drug-likeness (QED) is 0.458. The first-order valence-corrected chi connectivity index (χ1v) is 6.92. The van der Waals surface area contributed by atoms with E-state index in [1.54, 1.807) is 20.2 Å². The molecule has 0 aliphatic rings. The molecule has 0 heterocycles. The monoisotopic (exact) mass is 281 g/mol. The number of halogens is 1. The van der Waals surface area contributed by atoms with E-state index in [0.29, 0.717) is 12.1 Å². The van der Waals surface area contributed by atoms with Crippen molar-refractivity contribution in [3.8, 4) is 0 Å². The summed E-state index contributed by atoms with van der Waals surface area (Å²) in [7, 11) is 3.30. The molecular weight excluding hydrogens is 257 g/mol. The number of nitrogens with zero attached hydrogens (tertiary/aromatic N) is 1. The summed E-state index contributed by atoms with van der Waals surface area (Å²) in [5, 5.41) is 6.44. The normalized spacial score (nSPS) is 11.5. The Morgan fingerprint density at radius 1 is 1.35 bits per heavy atom. The molecule has 0 bridgehead atoms. The van der Waals surface area contributed by atoms with Gasteiger partial charge >= 0.3 is 0 Å². The van der Waals surface area contributed by atoms with Gasteiger partial charge in [-0.1, -0.05) is 19.4 Å². The Kier molecular flexibility index (Phi) is 7.65. The van der Waals surface area contributed by atoms with Crippen molar-refractivity contribution in [3.63, 3.8) is 0 Å². The fourth-order valence-corrected chi connectivity index (χ4v) is 1.79. The molecule has 0 saturated carbocycles. The Morgan fingerprint density at radius 2 is 2.15 bits per heavy atom. The van der Waals surface area contributed by atoms with E-state index in [-0.39, 0.29) is 12.4 Å². The van der Waals surface area contributed by atoms with Gasteiger partial charge in [-0.3, -0.25) is 4.99 Å². The summed E-state index contributed by atoms with van der Waals surface area (Å²) in [5.41, 5.74) is 1.57. The lowest BCUT2D eigenvalue weighted by atomic mass is 10.1. The van der Waals surface area contributed by atoms with Crippen molar-refractivity contribution >= 4 is 5.96 Å². The fraction of sp³-hybridized carbons (Fsp3) is 0.533. The predicted octanol–water partition coefficient (Wildman–Crippen LogP) is 2.44. The summed E-state index contributed by atoms with van der Waals surface area (Å²) in [6, 6.07) is 5.05. The zero-order valence-electron chi connectivity index (χ0n) is 12.5. The first kappa shape index (κ1) is 16.4. The molecule has 0 aromatic heterocycles. The van der Waals surface area contributed by atoms with E-state index in [2.05, 4.69) is 22.5 Å². The molecule has 4 nitrogen and oxygen atoms in total. The highest BCUT2D eigenvalue weighted by Gasteiger charge is 2.04. The molecule has 2 N–H and O–H groups in total. The van der Waals surface area contributed by atoms with Crippen LogP contribution >= 0.6 is 0 Å². The van der Waals surface area contributed by atoms with Gasteiger partial charge in [0, 0.05) is 32.8 Å². The topological polar surface area (TPSA) is 45.7 Å². The van der Waals surface area contributed by atoms with Crippen LogP contribution in [0.5, 0.6) is 0 Å². The number of hydrogen-bond donors (Lipinski definition) is 2. The van der Waals surface area contributed by atoms with Crippen molar-refractivity contribution in [2.45, 2.75) is 32.9 Å². The maximum Gasteiger partial charge on any atom is 0.191 e. The maximum atomic E-state index is 13.5. The van der Waals surface area contributed by atoms with Crippen molar-refractivity contribution in [1.29, 1.82) is 0 Å². The third-order valence-electron chi connectivity index (χ3n) is 2.92. The van der Waals surface area contributed by atoms with Crippen LogP contribution in [0.15, 0.2) is 23.2 Å². The first-order chi connectivity index (χ1) is 9.71. The van der Waals surface area contributed by atoms with Crippen LogP contribution in [0, 0.1) is 5.82 Å². The number of unbranched alkanes of at least 4 members (excludes halogenated alkanes) is 1. The average Bonchev–Trinajstić information content (AvgIpc) is 2.46. The van der Waals surface area contributed by atoms with Crippen LogP contribution in [-0.4, -0.2) is 26.7 Å². The summed E-state index contributed by atoms with van der Waals surface area (Å²) in [4.78, 5) is 4.15. The Morgan fingerprint density at radius 3 is 2.80 bits per heavy atom. The van der Waals surface area contributed by atoms with E-state index in [1.807, 2.05) is 6.07 Å². The molecule has 0 fully saturated rings. The second kappa shape index (κ2) is 9.31. The van der Waals surface area contributed by atoms with E-state index in [0.717, 1.165) is 30.9 Å². The van der Waals surface area contributed by atoms with Crippen molar-refractivity contribution in [3.05, 3.63) is 35.1 Å². The van der Waals surface area contributed by atoms with Crippen LogP contribution < -0.4 is 10.6 Å². The standard InChI is InChI=1S/C15H24FN3O/c1-4-5-8-18-15(17-2)19-10-12-6-7-14(16)13(9-12)11-20-3/h6-7,9H,4-5,8,10-11H2,1-3H3,(H2,17,18,19). The van der Waals surface area contributed by atoms with Gasteiger partial charge in [-0.05, 0) is 24.1 Å². The molecular formula is C15H24FN3O. The highest BCUT2D eigenvalue weighted by atomic mass is 19.1. The molecule has 0 atom stereocenters. The van der Waals surface area contributed by atoms with E-state index >= 15 is 0 Å². The molecule has 20 heavy (non-hydrogen) atoms. The Hall–Kier alpha value is -1.62. The first-order valence-electron chi connectivity index (χ1n) is 6.92. The van der Waals surface area contributed by atoms with Crippen LogP contribution in [0.2, 0.25) is 0 Å². The van der Waals surface area contributed by atoms with Gasteiger partial charge < -0.3 is 15.4 Å².